The molecule has 2 aliphatic rings. The van der Waals surface area contributed by atoms with E-state index in [9.17, 15) is 9.59 Å². The maximum atomic E-state index is 13.2. The average molecular weight is 436 g/mol. The summed E-state index contributed by atoms with van der Waals surface area (Å²) in [4.78, 5) is 31.6. The minimum Gasteiger partial charge on any atom is -0.353 e. The molecule has 0 bridgehead atoms. The zero-order valence-electron chi connectivity index (χ0n) is 17.8. The number of para-hydroxylation sites is 1. The summed E-state index contributed by atoms with van der Waals surface area (Å²) < 4.78 is 0. The molecule has 1 fully saturated rings. The van der Waals surface area contributed by atoms with E-state index in [4.69, 9.17) is 0 Å². The van der Waals surface area contributed by atoms with E-state index < -0.39 is 0 Å². The molecular weight excluding hydrogens is 406 g/mol. The largest absolute Gasteiger partial charge is 0.353 e. The first-order valence-corrected chi connectivity index (χ1v) is 11.9. The van der Waals surface area contributed by atoms with Crippen LogP contribution in [0.2, 0.25) is 0 Å². The first kappa shape index (κ1) is 21.7. The molecule has 0 aromatic heterocycles. The van der Waals surface area contributed by atoms with Gasteiger partial charge in [0.15, 0.2) is 0 Å². The van der Waals surface area contributed by atoms with Crippen LogP contribution in [0.3, 0.4) is 0 Å². The molecule has 0 spiro atoms. The van der Waals surface area contributed by atoms with Crippen LogP contribution >= 0.6 is 11.8 Å². The second kappa shape index (κ2) is 10.6. The Labute approximate surface area is 188 Å². The smallest absolute Gasteiger partial charge is 0.265 e. The van der Waals surface area contributed by atoms with Gasteiger partial charge in [-0.15, -0.1) is 0 Å². The molecule has 162 valence electrons. The number of rotatable bonds is 6. The molecule has 0 radical (unpaired) electrons. The summed E-state index contributed by atoms with van der Waals surface area (Å²) in [5.74, 6) is -0.251. The van der Waals surface area contributed by atoms with Gasteiger partial charge in [-0.3, -0.25) is 14.5 Å². The number of anilines is 1. The van der Waals surface area contributed by atoms with Crippen LogP contribution in [0.1, 0.15) is 31.2 Å². The van der Waals surface area contributed by atoms with Crippen molar-refractivity contribution in [3.05, 3.63) is 65.1 Å². The van der Waals surface area contributed by atoms with Gasteiger partial charge in [0.1, 0.15) is 6.54 Å². The second-order valence-corrected chi connectivity index (χ2v) is 9.07. The Kier molecular flexibility index (Phi) is 7.43. The van der Waals surface area contributed by atoms with Crippen LogP contribution in [0.25, 0.3) is 6.08 Å². The third-order valence-electron chi connectivity index (χ3n) is 5.68. The number of hydrogen-bond donors (Lipinski definition) is 1. The monoisotopic (exact) mass is 435 g/mol. The summed E-state index contributed by atoms with van der Waals surface area (Å²) in [5.41, 5.74) is 1.77. The highest BCUT2D eigenvalue weighted by Gasteiger charge is 2.30. The third-order valence-corrected chi connectivity index (χ3v) is 6.76. The Morgan fingerprint density at radius 1 is 0.968 bits per heavy atom. The zero-order chi connectivity index (χ0) is 21.5. The maximum Gasteiger partial charge on any atom is 0.265 e. The molecule has 1 saturated heterocycles. The van der Waals surface area contributed by atoms with Crippen LogP contribution in [-0.4, -0.2) is 49.4 Å². The van der Waals surface area contributed by atoms with Crippen molar-refractivity contribution in [2.45, 2.75) is 30.6 Å². The summed E-state index contributed by atoms with van der Waals surface area (Å²) >= 11 is 1.46. The Hall–Kier alpha value is -2.57. The van der Waals surface area contributed by atoms with E-state index in [-0.39, 0.29) is 18.4 Å². The summed E-state index contributed by atoms with van der Waals surface area (Å²) in [6.07, 6.45) is 6.97. The number of carbonyl (C=O) groups excluding carboxylic acids is 2. The quantitative estimate of drug-likeness (QED) is 0.693. The van der Waals surface area contributed by atoms with Gasteiger partial charge in [0.2, 0.25) is 5.91 Å². The molecular formula is C25H29N3O2S. The van der Waals surface area contributed by atoms with Crippen molar-refractivity contribution in [3.63, 3.8) is 0 Å². The maximum absolute atomic E-state index is 13.2. The predicted octanol–water partition coefficient (Wildman–Crippen LogP) is 4.16. The van der Waals surface area contributed by atoms with Crippen LogP contribution in [0.5, 0.6) is 0 Å². The van der Waals surface area contributed by atoms with E-state index in [0.29, 0.717) is 11.4 Å². The Balaban J connectivity index is 1.42. The fraction of sp³-hybridized carbons (Fsp3) is 0.360. The number of hydrogen-bond acceptors (Lipinski definition) is 4. The zero-order valence-corrected chi connectivity index (χ0v) is 18.6. The van der Waals surface area contributed by atoms with Crippen LogP contribution < -0.4 is 10.2 Å². The lowest BCUT2D eigenvalue weighted by molar-refractivity contribution is -0.122. The fourth-order valence-corrected chi connectivity index (χ4v) is 5.09. The topological polar surface area (TPSA) is 52.7 Å². The Morgan fingerprint density at radius 3 is 2.45 bits per heavy atom. The van der Waals surface area contributed by atoms with Crippen molar-refractivity contribution >= 4 is 35.3 Å². The highest BCUT2D eigenvalue weighted by molar-refractivity contribution is 8.04. The molecule has 0 atom stereocenters. The molecule has 2 amide bonds. The number of thioether (sulfide) groups is 1. The van der Waals surface area contributed by atoms with E-state index in [2.05, 4.69) is 10.2 Å². The van der Waals surface area contributed by atoms with Crippen LogP contribution in [0.4, 0.5) is 5.69 Å². The van der Waals surface area contributed by atoms with Gasteiger partial charge in [-0.05, 0) is 49.7 Å². The minimum absolute atomic E-state index is 0.0303. The standard InChI is InChI=1S/C25H29N3O2S/c29-24(26-14-17-27-15-8-1-2-9-16-27)19-28-21-12-6-7-13-22(21)31-23(25(28)30)18-20-10-4-3-5-11-20/h3-7,10-13,18H,1-2,8-9,14-17,19H2,(H,26,29). The normalized spacial score (nSPS) is 18.5. The lowest BCUT2D eigenvalue weighted by Crippen LogP contribution is -2.44. The predicted molar refractivity (Wildman–Crippen MR) is 127 cm³/mol. The van der Waals surface area contributed by atoms with Gasteiger partial charge in [-0.2, -0.15) is 0 Å². The van der Waals surface area contributed by atoms with E-state index >= 15 is 0 Å². The van der Waals surface area contributed by atoms with Crippen molar-refractivity contribution in [2.75, 3.05) is 37.6 Å². The van der Waals surface area contributed by atoms with Gasteiger partial charge >= 0.3 is 0 Å². The van der Waals surface area contributed by atoms with Crippen LogP contribution in [-0.2, 0) is 9.59 Å². The van der Waals surface area contributed by atoms with Crippen molar-refractivity contribution in [2.24, 2.45) is 0 Å². The second-order valence-electron chi connectivity index (χ2n) is 7.99. The fourth-order valence-electron chi connectivity index (χ4n) is 4.03. The van der Waals surface area contributed by atoms with Crippen molar-refractivity contribution < 1.29 is 9.59 Å². The van der Waals surface area contributed by atoms with E-state index in [1.165, 1.54) is 37.4 Å². The Morgan fingerprint density at radius 2 is 1.68 bits per heavy atom. The number of amides is 2. The van der Waals surface area contributed by atoms with E-state index in [0.717, 1.165) is 35.8 Å². The molecule has 2 aliphatic heterocycles. The molecule has 5 nitrogen and oxygen atoms in total. The number of benzene rings is 2. The molecule has 0 saturated carbocycles. The molecule has 0 unspecified atom stereocenters. The van der Waals surface area contributed by atoms with Crippen LogP contribution in [0, 0.1) is 0 Å². The lowest BCUT2D eigenvalue weighted by atomic mass is 10.2. The van der Waals surface area contributed by atoms with Crippen molar-refractivity contribution in [1.29, 1.82) is 0 Å². The molecule has 0 aliphatic carbocycles. The van der Waals surface area contributed by atoms with Gasteiger partial charge in [-0.1, -0.05) is 67.1 Å². The highest BCUT2D eigenvalue weighted by Crippen LogP contribution is 2.41. The molecule has 2 heterocycles. The SMILES string of the molecule is O=C(CN1C(=O)C(=Cc2ccccc2)Sc2ccccc21)NCCN1CCCCCC1. The molecule has 2 aromatic carbocycles. The first-order chi connectivity index (χ1) is 15.2. The molecule has 31 heavy (non-hydrogen) atoms. The van der Waals surface area contributed by atoms with E-state index in [1.54, 1.807) is 4.90 Å². The van der Waals surface area contributed by atoms with E-state index in [1.807, 2.05) is 60.7 Å². The molecule has 1 N–H and O–H groups in total. The number of nitrogens with zero attached hydrogens (tertiary/aromatic N) is 2. The van der Waals surface area contributed by atoms with Gasteiger partial charge in [0.25, 0.3) is 5.91 Å². The summed E-state index contributed by atoms with van der Waals surface area (Å²) in [7, 11) is 0. The van der Waals surface area contributed by atoms with Gasteiger partial charge < -0.3 is 10.2 Å². The minimum atomic E-state index is -0.129. The molecule has 2 aromatic rings. The van der Waals surface area contributed by atoms with Gasteiger partial charge in [0.05, 0.1) is 10.6 Å². The summed E-state index contributed by atoms with van der Waals surface area (Å²) in [6, 6.07) is 17.6. The van der Waals surface area contributed by atoms with Crippen molar-refractivity contribution in [3.8, 4) is 0 Å². The van der Waals surface area contributed by atoms with Crippen LogP contribution in [0.15, 0.2) is 64.4 Å². The number of nitrogens with one attached hydrogen (secondary N) is 1. The van der Waals surface area contributed by atoms with Gasteiger partial charge in [0, 0.05) is 18.0 Å². The molecule has 6 heteroatoms. The highest BCUT2D eigenvalue weighted by atomic mass is 32.2. The first-order valence-electron chi connectivity index (χ1n) is 11.1. The molecule has 4 rings (SSSR count). The third kappa shape index (κ3) is 5.77. The lowest BCUT2D eigenvalue weighted by Gasteiger charge is -2.30. The summed E-state index contributed by atoms with van der Waals surface area (Å²) in [6.45, 7) is 3.73. The number of likely N-dealkylation sites (tertiary alicyclic amines) is 1. The van der Waals surface area contributed by atoms with Gasteiger partial charge in [-0.25, -0.2) is 0 Å². The van der Waals surface area contributed by atoms with Crippen molar-refractivity contribution in [1.82, 2.24) is 10.2 Å². The number of fused-ring (bicyclic) bond motifs is 1. The average Bonchev–Trinajstić information content (AvgIpc) is 3.06. The number of carbonyl (C=O) groups is 2. The Bertz CT molecular complexity index is 937. The summed E-state index contributed by atoms with van der Waals surface area (Å²) in [5, 5.41) is 3.01.